The van der Waals surface area contributed by atoms with E-state index in [0.717, 1.165) is 28.0 Å². The van der Waals surface area contributed by atoms with Crippen molar-refractivity contribution in [1.82, 2.24) is 0 Å². The van der Waals surface area contributed by atoms with Crippen LogP contribution in [0.3, 0.4) is 0 Å². The summed E-state index contributed by atoms with van der Waals surface area (Å²) in [6, 6.07) is 16.5. The van der Waals surface area contributed by atoms with Gasteiger partial charge in [-0.25, -0.2) is 0 Å². The van der Waals surface area contributed by atoms with Gasteiger partial charge in [0.15, 0.2) is 0 Å². The zero-order valence-electron chi connectivity index (χ0n) is 11.1. The van der Waals surface area contributed by atoms with Gasteiger partial charge in [-0.3, -0.25) is 0 Å². The van der Waals surface area contributed by atoms with E-state index in [0.29, 0.717) is 0 Å². The Morgan fingerprint density at radius 2 is 1.80 bits per heavy atom. The Hall–Kier alpha value is -1.75. The van der Waals surface area contributed by atoms with Crippen LogP contribution >= 0.6 is 22.6 Å². The average Bonchev–Trinajstić information content (AvgIpc) is 2.87. The third-order valence-corrected chi connectivity index (χ3v) is 3.81. The van der Waals surface area contributed by atoms with E-state index in [1.807, 2.05) is 19.2 Å². The van der Waals surface area contributed by atoms with Crippen LogP contribution in [0.25, 0.3) is 23.1 Å². The molecule has 0 unspecified atom stereocenters. The second-order valence-corrected chi connectivity index (χ2v) is 5.78. The minimum atomic E-state index is 0.875. The Kier molecular flexibility index (Phi) is 3.78. The maximum atomic E-state index is 5.79. The smallest absolute Gasteiger partial charge is 0.134 e. The molecule has 0 saturated carbocycles. The van der Waals surface area contributed by atoms with E-state index in [-0.39, 0.29) is 0 Å². The molecule has 0 aliphatic rings. The van der Waals surface area contributed by atoms with Crippen molar-refractivity contribution in [2.24, 2.45) is 0 Å². The molecule has 0 amide bonds. The summed E-state index contributed by atoms with van der Waals surface area (Å²) in [4.78, 5) is 0. The number of furan rings is 1. The molecule has 100 valence electrons. The summed E-state index contributed by atoms with van der Waals surface area (Å²) in [6.45, 7) is 0. The van der Waals surface area contributed by atoms with E-state index >= 15 is 0 Å². The van der Waals surface area contributed by atoms with Gasteiger partial charge < -0.3 is 9.73 Å². The van der Waals surface area contributed by atoms with Gasteiger partial charge in [-0.05, 0) is 70.6 Å². The molecule has 3 heteroatoms. The van der Waals surface area contributed by atoms with Gasteiger partial charge in [0.05, 0.1) is 0 Å². The van der Waals surface area contributed by atoms with Crippen molar-refractivity contribution in [2.45, 2.75) is 0 Å². The molecule has 1 N–H and O–H groups in total. The summed E-state index contributed by atoms with van der Waals surface area (Å²) in [6.07, 6.45) is 4.06. The zero-order chi connectivity index (χ0) is 13.9. The first-order valence-electron chi connectivity index (χ1n) is 6.39. The normalized spacial score (nSPS) is 11.3. The molecule has 2 nitrogen and oxygen atoms in total. The van der Waals surface area contributed by atoms with Crippen molar-refractivity contribution in [3.63, 3.8) is 0 Å². The molecule has 0 bridgehead atoms. The van der Waals surface area contributed by atoms with Crippen LogP contribution in [-0.2, 0) is 0 Å². The number of fused-ring (bicyclic) bond motifs is 1. The largest absolute Gasteiger partial charge is 0.457 e. The summed E-state index contributed by atoms with van der Waals surface area (Å²) in [5, 5.41) is 4.25. The molecule has 0 spiro atoms. The molecule has 0 aliphatic heterocycles. The topological polar surface area (TPSA) is 25.2 Å². The first kappa shape index (κ1) is 13.2. The van der Waals surface area contributed by atoms with Gasteiger partial charge in [0.2, 0.25) is 0 Å². The summed E-state index contributed by atoms with van der Waals surface area (Å²) in [5.74, 6) is 0.875. The number of benzene rings is 2. The highest BCUT2D eigenvalue weighted by Gasteiger charge is 2.01. The van der Waals surface area contributed by atoms with Crippen LogP contribution in [0.15, 0.2) is 52.9 Å². The Balaban J connectivity index is 1.85. The molecule has 1 aromatic heterocycles. The van der Waals surface area contributed by atoms with Gasteiger partial charge in [-0.1, -0.05) is 18.2 Å². The summed E-state index contributed by atoms with van der Waals surface area (Å²) < 4.78 is 7.00. The lowest BCUT2D eigenvalue weighted by molar-refractivity contribution is 0.604. The van der Waals surface area contributed by atoms with Crippen molar-refractivity contribution >= 4 is 51.4 Å². The molecule has 2 aromatic carbocycles. The average molecular weight is 375 g/mol. The standard InChI is InChI=1S/C17H14INO/c1-19-15-6-2-12(3-7-15)4-8-16-11-13-10-14(18)5-9-17(13)20-16/h2-11,19H,1H3. The molecule has 1 heterocycles. The van der Waals surface area contributed by atoms with Crippen LogP contribution in [0.2, 0.25) is 0 Å². The first-order chi connectivity index (χ1) is 9.74. The van der Waals surface area contributed by atoms with Gasteiger partial charge in [0.25, 0.3) is 0 Å². The Morgan fingerprint density at radius 3 is 2.55 bits per heavy atom. The van der Waals surface area contributed by atoms with Gasteiger partial charge >= 0.3 is 0 Å². The fourth-order valence-corrected chi connectivity index (χ4v) is 2.57. The van der Waals surface area contributed by atoms with E-state index in [2.05, 4.69) is 76.4 Å². The minimum Gasteiger partial charge on any atom is -0.457 e. The molecular formula is C17H14INO. The molecule has 0 fully saturated rings. The van der Waals surface area contributed by atoms with Crippen molar-refractivity contribution in [3.05, 3.63) is 63.4 Å². The Bertz CT molecular complexity index is 756. The second-order valence-electron chi connectivity index (χ2n) is 4.54. The van der Waals surface area contributed by atoms with E-state index in [9.17, 15) is 0 Å². The van der Waals surface area contributed by atoms with Crippen LogP contribution in [0, 0.1) is 3.57 Å². The van der Waals surface area contributed by atoms with Crippen LogP contribution in [0.5, 0.6) is 0 Å². The van der Waals surface area contributed by atoms with Crippen molar-refractivity contribution in [2.75, 3.05) is 12.4 Å². The van der Waals surface area contributed by atoms with E-state index in [1.165, 1.54) is 3.57 Å². The summed E-state index contributed by atoms with van der Waals surface area (Å²) in [5.41, 5.74) is 3.19. The predicted molar refractivity (Wildman–Crippen MR) is 93.8 cm³/mol. The molecule has 0 radical (unpaired) electrons. The van der Waals surface area contributed by atoms with E-state index < -0.39 is 0 Å². The van der Waals surface area contributed by atoms with Crippen LogP contribution in [0.4, 0.5) is 5.69 Å². The lowest BCUT2D eigenvalue weighted by Crippen LogP contribution is -1.86. The zero-order valence-corrected chi connectivity index (χ0v) is 13.2. The molecule has 3 rings (SSSR count). The van der Waals surface area contributed by atoms with Crippen molar-refractivity contribution < 1.29 is 4.42 Å². The molecule has 3 aromatic rings. The lowest BCUT2D eigenvalue weighted by Gasteiger charge is -1.98. The highest BCUT2D eigenvalue weighted by atomic mass is 127. The van der Waals surface area contributed by atoms with Crippen molar-refractivity contribution in [3.8, 4) is 0 Å². The summed E-state index contributed by atoms with van der Waals surface area (Å²) in [7, 11) is 1.92. The number of rotatable bonds is 3. The molecular weight excluding hydrogens is 361 g/mol. The third kappa shape index (κ3) is 2.88. The van der Waals surface area contributed by atoms with Crippen LogP contribution in [-0.4, -0.2) is 7.05 Å². The van der Waals surface area contributed by atoms with Gasteiger partial charge in [0, 0.05) is 21.7 Å². The van der Waals surface area contributed by atoms with E-state index in [4.69, 9.17) is 4.42 Å². The summed E-state index contributed by atoms with van der Waals surface area (Å²) >= 11 is 2.31. The Labute approximate surface area is 131 Å². The fourth-order valence-electron chi connectivity index (χ4n) is 2.06. The minimum absolute atomic E-state index is 0.875. The number of hydrogen-bond acceptors (Lipinski definition) is 2. The predicted octanol–water partition coefficient (Wildman–Crippen LogP) is 5.25. The Morgan fingerprint density at radius 1 is 1.00 bits per heavy atom. The van der Waals surface area contributed by atoms with Crippen LogP contribution < -0.4 is 5.32 Å². The lowest BCUT2D eigenvalue weighted by atomic mass is 10.2. The quantitative estimate of drug-likeness (QED) is 0.633. The maximum Gasteiger partial charge on any atom is 0.134 e. The first-order valence-corrected chi connectivity index (χ1v) is 7.47. The van der Waals surface area contributed by atoms with Gasteiger partial charge in [-0.15, -0.1) is 0 Å². The highest BCUT2D eigenvalue weighted by molar-refractivity contribution is 14.1. The highest BCUT2D eigenvalue weighted by Crippen LogP contribution is 2.23. The monoisotopic (exact) mass is 375 g/mol. The number of hydrogen-bond donors (Lipinski definition) is 1. The van der Waals surface area contributed by atoms with E-state index in [1.54, 1.807) is 0 Å². The second kappa shape index (κ2) is 5.71. The maximum absolute atomic E-state index is 5.79. The number of halogens is 1. The third-order valence-electron chi connectivity index (χ3n) is 3.14. The number of anilines is 1. The number of nitrogens with one attached hydrogen (secondary N) is 1. The molecule has 20 heavy (non-hydrogen) atoms. The molecule has 0 saturated heterocycles. The van der Waals surface area contributed by atoms with Gasteiger partial charge in [-0.2, -0.15) is 0 Å². The molecule has 0 atom stereocenters. The van der Waals surface area contributed by atoms with Crippen LogP contribution in [0.1, 0.15) is 11.3 Å². The molecule has 0 aliphatic carbocycles. The SMILES string of the molecule is CNc1ccc(C=Cc2cc3cc(I)ccc3o2)cc1. The fraction of sp³-hybridized carbons (Fsp3) is 0.0588. The van der Waals surface area contributed by atoms with Crippen molar-refractivity contribution in [1.29, 1.82) is 0 Å². The van der Waals surface area contributed by atoms with Gasteiger partial charge in [0.1, 0.15) is 11.3 Å².